The van der Waals surface area contributed by atoms with Crippen molar-refractivity contribution in [3.63, 3.8) is 0 Å². The fourth-order valence-corrected chi connectivity index (χ4v) is 2.90. The molecule has 1 saturated carbocycles. The summed E-state index contributed by atoms with van der Waals surface area (Å²) in [6.07, 6.45) is 11.5. The Morgan fingerprint density at radius 2 is 1.81 bits per heavy atom. The van der Waals surface area contributed by atoms with Gasteiger partial charge in [0, 0.05) is 0 Å². The molecule has 2 fully saturated rings. The van der Waals surface area contributed by atoms with Crippen LogP contribution < -0.4 is 10.6 Å². The molecule has 1 saturated heterocycles. The molecule has 0 amide bonds. The normalized spacial score (nSPS) is 26.6. The van der Waals surface area contributed by atoms with Crippen molar-refractivity contribution in [2.24, 2.45) is 11.8 Å². The Hall–Kier alpha value is -0.0800. The Bertz CT molecular complexity index is 172. The molecule has 0 aromatic rings. The number of hydrogen-bond acceptors (Lipinski definition) is 2. The number of piperidine rings is 1. The first-order valence-electron chi connectivity index (χ1n) is 7.36. The van der Waals surface area contributed by atoms with Crippen LogP contribution in [0, 0.1) is 11.8 Å². The highest BCUT2D eigenvalue weighted by Crippen LogP contribution is 2.28. The molecule has 1 aliphatic heterocycles. The molecule has 1 unspecified atom stereocenters. The number of rotatable bonds is 7. The van der Waals surface area contributed by atoms with Gasteiger partial charge in [-0.2, -0.15) is 0 Å². The Kier molecular flexibility index (Phi) is 5.64. The zero-order valence-electron chi connectivity index (χ0n) is 10.6. The maximum absolute atomic E-state index is 3.60. The lowest BCUT2D eigenvalue weighted by molar-refractivity contribution is 0.290. The summed E-state index contributed by atoms with van der Waals surface area (Å²) in [4.78, 5) is 0. The average molecular weight is 224 g/mol. The molecule has 0 radical (unpaired) electrons. The molecule has 16 heavy (non-hydrogen) atoms. The van der Waals surface area contributed by atoms with Crippen LogP contribution in [0.2, 0.25) is 0 Å². The third kappa shape index (κ3) is 4.42. The minimum Gasteiger partial charge on any atom is -0.317 e. The van der Waals surface area contributed by atoms with Crippen LogP contribution in [0.3, 0.4) is 0 Å². The summed E-state index contributed by atoms with van der Waals surface area (Å²) in [7, 11) is 0. The summed E-state index contributed by atoms with van der Waals surface area (Å²) in [5.41, 5.74) is 0. The van der Waals surface area contributed by atoms with E-state index in [1.165, 1.54) is 77.5 Å². The highest BCUT2D eigenvalue weighted by atomic mass is 14.9. The molecular formula is C14H28N2. The summed E-state index contributed by atoms with van der Waals surface area (Å²) in [5, 5.41) is 7.10. The van der Waals surface area contributed by atoms with Gasteiger partial charge in [-0.1, -0.05) is 19.3 Å². The lowest BCUT2D eigenvalue weighted by Gasteiger charge is -2.25. The fraction of sp³-hybridized carbons (Fsp3) is 1.00. The molecule has 2 heteroatoms. The van der Waals surface area contributed by atoms with Crippen LogP contribution in [0.15, 0.2) is 0 Å². The lowest BCUT2D eigenvalue weighted by atomic mass is 9.83. The zero-order valence-corrected chi connectivity index (χ0v) is 10.6. The molecule has 0 aromatic carbocycles. The Morgan fingerprint density at radius 3 is 2.50 bits per heavy atom. The molecule has 2 nitrogen and oxygen atoms in total. The SMILES string of the molecule is C1CC(CCNCCCC2CCCNC2)C1. The largest absolute Gasteiger partial charge is 0.317 e. The van der Waals surface area contributed by atoms with E-state index in [2.05, 4.69) is 10.6 Å². The molecular weight excluding hydrogens is 196 g/mol. The van der Waals surface area contributed by atoms with Gasteiger partial charge in [-0.3, -0.25) is 0 Å². The molecule has 2 aliphatic rings. The van der Waals surface area contributed by atoms with E-state index in [4.69, 9.17) is 0 Å². The summed E-state index contributed by atoms with van der Waals surface area (Å²) in [6, 6.07) is 0. The van der Waals surface area contributed by atoms with Crippen molar-refractivity contribution >= 4 is 0 Å². The van der Waals surface area contributed by atoms with Crippen molar-refractivity contribution in [3.8, 4) is 0 Å². The van der Waals surface area contributed by atoms with Crippen LogP contribution in [0.25, 0.3) is 0 Å². The van der Waals surface area contributed by atoms with Gasteiger partial charge < -0.3 is 10.6 Å². The maximum Gasteiger partial charge on any atom is -0.00205 e. The van der Waals surface area contributed by atoms with Crippen LogP contribution in [-0.2, 0) is 0 Å². The van der Waals surface area contributed by atoms with Gasteiger partial charge in [0.05, 0.1) is 0 Å². The minimum absolute atomic E-state index is 0.960. The van der Waals surface area contributed by atoms with Gasteiger partial charge in [-0.25, -0.2) is 0 Å². The van der Waals surface area contributed by atoms with E-state index in [9.17, 15) is 0 Å². The van der Waals surface area contributed by atoms with Crippen molar-refractivity contribution in [2.45, 2.75) is 51.4 Å². The highest BCUT2D eigenvalue weighted by Gasteiger charge is 2.16. The fourth-order valence-electron chi connectivity index (χ4n) is 2.90. The van der Waals surface area contributed by atoms with Crippen molar-refractivity contribution in [3.05, 3.63) is 0 Å². The van der Waals surface area contributed by atoms with Crippen molar-refractivity contribution < 1.29 is 0 Å². The second-order valence-corrected chi connectivity index (χ2v) is 5.69. The van der Waals surface area contributed by atoms with Crippen LogP contribution in [0.4, 0.5) is 0 Å². The molecule has 0 bridgehead atoms. The maximum atomic E-state index is 3.60. The third-order valence-electron chi connectivity index (χ3n) is 4.32. The first-order valence-corrected chi connectivity index (χ1v) is 7.36. The van der Waals surface area contributed by atoms with E-state index in [1.54, 1.807) is 0 Å². The van der Waals surface area contributed by atoms with E-state index in [0.29, 0.717) is 0 Å². The topological polar surface area (TPSA) is 24.1 Å². The number of hydrogen-bond donors (Lipinski definition) is 2. The van der Waals surface area contributed by atoms with Gasteiger partial charge in [0.2, 0.25) is 0 Å². The van der Waals surface area contributed by atoms with E-state index in [0.717, 1.165) is 11.8 Å². The molecule has 1 atom stereocenters. The first kappa shape index (κ1) is 12.4. The molecule has 94 valence electrons. The second kappa shape index (κ2) is 7.29. The van der Waals surface area contributed by atoms with E-state index in [1.807, 2.05) is 0 Å². The van der Waals surface area contributed by atoms with E-state index < -0.39 is 0 Å². The Labute approximate surface area is 101 Å². The van der Waals surface area contributed by atoms with Crippen molar-refractivity contribution in [1.29, 1.82) is 0 Å². The van der Waals surface area contributed by atoms with Crippen molar-refractivity contribution in [1.82, 2.24) is 10.6 Å². The van der Waals surface area contributed by atoms with Crippen LogP contribution in [0.5, 0.6) is 0 Å². The summed E-state index contributed by atoms with van der Waals surface area (Å²) in [6.45, 7) is 5.01. The first-order chi connectivity index (χ1) is 7.95. The van der Waals surface area contributed by atoms with E-state index in [-0.39, 0.29) is 0 Å². The molecule has 0 aromatic heterocycles. The monoisotopic (exact) mass is 224 g/mol. The van der Waals surface area contributed by atoms with Gasteiger partial charge in [0.15, 0.2) is 0 Å². The Morgan fingerprint density at radius 1 is 0.938 bits per heavy atom. The molecule has 0 spiro atoms. The average Bonchev–Trinajstić information content (AvgIpc) is 2.27. The Balaban J connectivity index is 1.36. The standard InChI is InChI=1S/C14H28N2/c1-4-13(5-1)8-11-15-9-2-6-14-7-3-10-16-12-14/h13-16H,1-12H2. The zero-order chi connectivity index (χ0) is 11.1. The second-order valence-electron chi connectivity index (χ2n) is 5.69. The summed E-state index contributed by atoms with van der Waals surface area (Å²) >= 11 is 0. The third-order valence-corrected chi connectivity index (χ3v) is 4.32. The highest BCUT2D eigenvalue weighted by molar-refractivity contribution is 4.71. The van der Waals surface area contributed by atoms with Gasteiger partial charge in [0.1, 0.15) is 0 Å². The van der Waals surface area contributed by atoms with Crippen molar-refractivity contribution in [2.75, 3.05) is 26.2 Å². The smallest absolute Gasteiger partial charge is 0.00205 e. The molecule has 1 heterocycles. The molecule has 2 rings (SSSR count). The molecule has 2 N–H and O–H groups in total. The van der Waals surface area contributed by atoms with Crippen LogP contribution >= 0.6 is 0 Å². The lowest BCUT2D eigenvalue weighted by Crippen LogP contribution is -2.30. The minimum atomic E-state index is 0.960. The van der Waals surface area contributed by atoms with E-state index >= 15 is 0 Å². The predicted octanol–water partition coefficient (Wildman–Crippen LogP) is 2.55. The van der Waals surface area contributed by atoms with Gasteiger partial charge in [0.25, 0.3) is 0 Å². The van der Waals surface area contributed by atoms with Crippen LogP contribution in [-0.4, -0.2) is 26.2 Å². The predicted molar refractivity (Wildman–Crippen MR) is 69.7 cm³/mol. The quantitative estimate of drug-likeness (QED) is 0.649. The van der Waals surface area contributed by atoms with Gasteiger partial charge >= 0.3 is 0 Å². The van der Waals surface area contributed by atoms with Gasteiger partial charge in [-0.15, -0.1) is 0 Å². The molecule has 1 aliphatic carbocycles. The van der Waals surface area contributed by atoms with Gasteiger partial charge in [-0.05, 0) is 70.1 Å². The summed E-state index contributed by atoms with van der Waals surface area (Å²) in [5.74, 6) is 2.03. The number of nitrogens with one attached hydrogen (secondary N) is 2. The summed E-state index contributed by atoms with van der Waals surface area (Å²) < 4.78 is 0. The van der Waals surface area contributed by atoms with Crippen LogP contribution in [0.1, 0.15) is 51.4 Å².